The number of sulfonamides is 1. The van der Waals surface area contributed by atoms with Gasteiger partial charge in [0.2, 0.25) is 5.03 Å². The van der Waals surface area contributed by atoms with Crippen LogP contribution in [-0.4, -0.2) is 27.6 Å². The molecule has 3 N–H and O–H groups in total. The topological polar surface area (TPSA) is 107 Å². The molecular formula is C11H12N6O2S. The lowest BCUT2D eigenvalue weighted by Gasteiger charge is -2.05. The van der Waals surface area contributed by atoms with Crippen molar-refractivity contribution in [2.24, 2.45) is 7.05 Å². The molecule has 0 saturated carbocycles. The molecule has 104 valence electrons. The molecule has 8 nitrogen and oxygen atoms in total. The maximum Gasteiger partial charge on any atom is 0.282 e. The molecule has 3 aromatic rings. The van der Waals surface area contributed by atoms with Crippen LogP contribution in [0.5, 0.6) is 0 Å². The van der Waals surface area contributed by atoms with Crippen LogP contribution in [0, 0.1) is 0 Å². The van der Waals surface area contributed by atoms with Gasteiger partial charge in [0.25, 0.3) is 10.0 Å². The molecule has 0 fully saturated rings. The molecule has 3 aromatic heterocycles. The predicted molar refractivity (Wildman–Crippen MR) is 73.6 cm³/mol. The molecule has 0 aromatic carbocycles. The van der Waals surface area contributed by atoms with E-state index in [1.165, 1.54) is 9.08 Å². The molecule has 0 radical (unpaired) electrons. The van der Waals surface area contributed by atoms with Crippen molar-refractivity contribution in [3.63, 3.8) is 0 Å². The summed E-state index contributed by atoms with van der Waals surface area (Å²) in [7, 11) is -2.17. The summed E-state index contributed by atoms with van der Waals surface area (Å²) >= 11 is 0. The van der Waals surface area contributed by atoms with E-state index in [0.29, 0.717) is 5.65 Å². The van der Waals surface area contributed by atoms with Crippen LogP contribution in [0.25, 0.3) is 5.65 Å². The number of aromatic nitrogens is 4. The van der Waals surface area contributed by atoms with E-state index in [9.17, 15) is 8.42 Å². The van der Waals surface area contributed by atoms with Gasteiger partial charge in [-0.05, 0) is 12.1 Å². The van der Waals surface area contributed by atoms with Crippen LogP contribution in [0.15, 0.2) is 41.7 Å². The molecule has 0 saturated heterocycles. The van der Waals surface area contributed by atoms with E-state index in [2.05, 4.69) is 14.8 Å². The average Bonchev–Trinajstić information content (AvgIpc) is 2.91. The molecule has 0 amide bonds. The van der Waals surface area contributed by atoms with Crippen LogP contribution in [0.2, 0.25) is 0 Å². The zero-order chi connectivity index (χ0) is 14.3. The van der Waals surface area contributed by atoms with E-state index < -0.39 is 10.0 Å². The summed E-state index contributed by atoms with van der Waals surface area (Å²) in [5, 5.41) is 3.87. The Kier molecular flexibility index (Phi) is 2.64. The second kappa shape index (κ2) is 4.23. The van der Waals surface area contributed by atoms with Gasteiger partial charge in [-0.1, -0.05) is 6.07 Å². The molecule has 0 bridgehead atoms. The van der Waals surface area contributed by atoms with Crippen molar-refractivity contribution in [3.05, 3.63) is 36.7 Å². The smallest absolute Gasteiger partial charge is 0.282 e. The fraction of sp³-hybridized carbons (Fsp3) is 0.0909. The first kappa shape index (κ1) is 12.5. The zero-order valence-electron chi connectivity index (χ0n) is 10.6. The van der Waals surface area contributed by atoms with Crippen LogP contribution < -0.4 is 10.5 Å². The standard InChI is InChI=1S/C11H12N6O2S/c1-16-7-5-8(14-16)15-20(18,19)11-10(12)13-9-4-2-3-6-17(9)11/h2-7H,12H2,1H3,(H,14,15). The normalized spacial score (nSPS) is 11.8. The van der Waals surface area contributed by atoms with Gasteiger partial charge in [-0.3, -0.25) is 13.8 Å². The summed E-state index contributed by atoms with van der Waals surface area (Å²) < 4.78 is 30.1. The number of hydrogen-bond donors (Lipinski definition) is 2. The first-order valence-electron chi connectivity index (χ1n) is 5.72. The average molecular weight is 292 g/mol. The highest BCUT2D eigenvalue weighted by atomic mass is 32.2. The summed E-state index contributed by atoms with van der Waals surface area (Å²) in [6.45, 7) is 0. The highest BCUT2D eigenvalue weighted by Crippen LogP contribution is 2.22. The number of imidazole rings is 1. The molecule has 0 atom stereocenters. The Labute approximate surface area is 114 Å². The number of nitrogens with two attached hydrogens (primary N) is 1. The summed E-state index contributed by atoms with van der Waals surface area (Å²) in [5.74, 6) is 0.164. The Bertz CT molecular complexity index is 879. The molecular weight excluding hydrogens is 280 g/mol. The number of anilines is 2. The molecule has 20 heavy (non-hydrogen) atoms. The van der Waals surface area contributed by atoms with Crippen molar-refractivity contribution in [2.45, 2.75) is 5.03 Å². The van der Waals surface area contributed by atoms with Crippen LogP contribution in [0.4, 0.5) is 11.6 Å². The van der Waals surface area contributed by atoms with Gasteiger partial charge >= 0.3 is 0 Å². The second-order valence-corrected chi connectivity index (χ2v) is 5.81. The Morgan fingerprint density at radius 3 is 2.75 bits per heavy atom. The largest absolute Gasteiger partial charge is 0.381 e. The van der Waals surface area contributed by atoms with Crippen molar-refractivity contribution in [2.75, 3.05) is 10.5 Å². The third-order valence-electron chi connectivity index (χ3n) is 2.72. The van der Waals surface area contributed by atoms with Crippen molar-refractivity contribution in [1.82, 2.24) is 19.2 Å². The third-order valence-corrected chi connectivity index (χ3v) is 4.11. The van der Waals surface area contributed by atoms with E-state index in [1.54, 1.807) is 43.7 Å². The Balaban J connectivity index is 2.11. The van der Waals surface area contributed by atoms with E-state index in [0.717, 1.165) is 0 Å². The lowest BCUT2D eigenvalue weighted by atomic mass is 10.5. The van der Waals surface area contributed by atoms with Gasteiger partial charge in [-0.2, -0.15) is 13.5 Å². The number of aryl methyl sites for hydroxylation is 1. The molecule has 0 aliphatic rings. The maximum atomic E-state index is 12.4. The first-order chi connectivity index (χ1) is 9.47. The summed E-state index contributed by atoms with van der Waals surface area (Å²) in [6, 6.07) is 6.69. The van der Waals surface area contributed by atoms with Crippen molar-refractivity contribution < 1.29 is 8.42 Å². The van der Waals surface area contributed by atoms with Crippen LogP contribution in [-0.2, 0) is 17.1 Å². The highest BCUT2D eigenvalue weighted by Gasteiger charge is 2.24. The van der Waals surface area contributed by atoms with Gasteiger partial charge < -0.3 is 5.73 Å². The van der Waals surface area contributed by atoms with Gasteiger partial charge in [-0.15, -0.1) is 0 Å². The van der Waals surface area contributed by atoms with E-state index in [4.69, 9.17) is 5.73 Å². The quantitative estimate of drug-likeness (QED) is 0.729. The van der Waals surface area contributed by atoms with Gasteiger partial charge in [0, 0.05) is 25.5 Å². The number of fused-ring (bicyclic) bond motifs is 1. The Morgan fingerprint density at radius 1 is 1.25 bits per heavy atom. The minimum atomic E-state index is -3.86. The third kappa shape index (κ3) is 1.97. The summed E-state index contributed by atoms with van der Waals surface area (Å²) in [5.41, 5.74) is 6.19. The summed E-state index contributed by atoms with van der Waals surface area (Å²) in [6.07, 6.45) is 3.22. The highest BCUT2D eigenvalue weighted by molar-refractivity contribution is 7.92. The Hall–Kier alpha value is -2.55. The lowest BCUT2D eigenvalue weighted by Crippen LogP contribution is -2.17. The van der Waals surface area contributed by atoms with Gasteiger partial charge in [0.05, 0.1) is 0 Å². The van der Waals surface area contributed by atoms with Crippen molar-refractivity contribution in [3.8, 4) is 0 Å². The maximum absolute atomic E-state index is 12.4. The van der Waals surface area contributed by atoms with Gasteiger partial charge in [0.15, 0.2) is 11.6 Å². The van der Waals surface area contributed by atoms with Gasteiger partial charge in [0.1, 0.15) is 5.65 Å². The predicted octanol–water partition coefficient (Wildman–Crippen LogP) is 0.451. The molecule has 0 aliphatic heterocycles. The van der Waals surface area contributed by atoms with Crippen LogP contribution in [0.1, 0.15) is 0 Å². The first-order valence-corrected chi connectivity index (χ1v) is 7.21. The van der Waals surface area contributed by atoms with Crippen LogP contribution in [0.3, 0.4) is 0 Å². The monoisotopic (exact) mass is 292 g/mol. The fourth-order valence-electron chi connectivity index (χ4n) is 1.91. The fourth-order valence-corrected chi connectivity index (χ4v) is 3.13. The Morgan fingerprint density at radius 2 is 2.05 bits per heavy atom. The molecule has 3 rings (SSSR count). The van der Waals surface area contributed by atoms with E-state index >= 15 is 0 Å². The number of nitrogens with zero attached hydrogens (tertiary/aromatic N) is 4. The van der Waals surface area contributed by atoms with Gasteiger partial charge in [-0.25, -0.2) is 4.98 Å². The molecule has 0 unspecified atom stereocenters. The van der Waals surface area contributed by atoms with Crippen molar-refractivity contribution >= 4 is 27.3 Å². The SMILES string of the molecule is Cn1ccc(NS(=O)(=O)c2c(N)nc3ccccn23)n1. The zero-order valence-corrected chi connectivity index (χ0v) is 11.4. The number of pyridine rings is 1. The second-order valence-electron chi connectivity index (χ2n) is 4.21. The minimum Gasteiger partial charge on any atom is -0.381 e. The van der Waals surface area contributed by atoms with Crippen molar-refractivity contribution in [1.29, 1.82) is 0 Å². The van der Waals surface area contributed by atoms with E-state index in [-0.39, 0.29) is 16.7 Å². The molecule has 0 aliphatic carbocycles. The minimum absolute atomic E-state index is 0.0559. The lowest BCUT2D eigenvalue weighted by molar-refractivity contribution is 0.596. The number of hydrogen-bond acceptors (Lipinski definition) is 5. The molecule has 0 spiro atoms. The van der Waals surface area contributed by atoms with E-state index in [1.807, 2.05) is 0 Å². The molecule has 3 heterocycles. The molecule has 9 heteroatoms. The number of nitrogens with one attached hydrogen (secondary N) is 1. The summed E-state index contributed by atoms with van der Waals surface area (Å²) in [4.78, 5) is 4.02. The van der Waals surface area contributed by atoms with Crippen LogP contribution >= 0.6 is 0 Å². The number of rotatable bonds is 3. The number of nitrogen functional groups attached to an aromatic ring is 1.